The molecule has 0 fully saturated rings. The number of hydrogen-bond donors (Lipinski definition) is 1. The summed E-state index contributed by atoms with van der Waals surface area (Å²) in [6.07, 6.45) is 0. The summed E-state index contributed by atoms with van der Waals surface area (Å²) < 4.78 is 1.56. The van der Waals surface area contributed by atoms with E-state index >= 15 is 0 Å². The van der Waals surface area contributed by atoms with Crippen LogP contribution in [-0.4, -0.2) is 4.53 Å². The average Bonchev–Trinajstić information content (AvgIpc) is 2.40. The number of benzene rings is 2. The molecule has 0 aliphatic heterocycles. The lowest BCUT2D eigenvalue weighted by molar-refractivity contribution is 0.324. The van der Waals surface area contributed by atoms with Crippen LogP contribution in [0.15, 0.2) is 60.7 Å². The average molecular weight is 326 g/mol. The second-order valence-electron chi connectivity index (χ2n) is 3.91. The minimum Gasteiger partial charge on any atom is -0.222 e. The van der Waals surface area contributed by atoms with Gasteiger partial charge in [-0.1, -0.05) is 76.6 Å². The van der Waals surface area contributed by atoms with Crippen molar-refractivity contribution >= 4 is 27.7 Å². The van der Waals surface area contributed by atoms with Crippen LogP contribution in [0.4, 0.5) is 0 Å². The van der Waals surface area contributed by atoms with Crippen LogP contribution in [0.3, 0.4) is 0 Å². The molecular formula is C14H14BrClN2. The molecule has 0 spiro atoms. The molecule has 0 saturated carbocycles. The minimum atomic E-state index is -0.0000813. The fraction of sp³-hybridized carbons (Fsp3) is 0.143. The molecule has 0 bridgehead atoms. The van der Waals surface area contributed by atoms with Crippen molar-refractivity contribution in [3.8, 4) is 0 Å². The van der Waals surface area contributed by atoms with E-state index in [1.807, 2.05) is 60.7 Å². The van der Waals surface area contributed by atoms with Crippen molar-refractivity contribution in [1.29, 1.82) is 0 Å². The fourth-order valence-electron chi connectivity index (χ4n) is 1.61. The van der Waals surface area contributed by atoms with Crippen LogP contribution in [0.25, 0.3) is 0 Å². The highest BCUT2D eigenvalue weighted by molar-refractivity contribution is 9.09. The Morgan fingerprint density at radius 2 is 1.56 bits per heavy atom. The van der Waals surface area contributed by atoms with E-state index in [2.05, 4.69) is 21.4 Å². The van der Waals surface area contributed by atoms with Gasteiger partial charge < -0.3 is 0 Å². The number of hydrogen-bond acceptors (Lipinski definition) is 2. The lowest BCUT2D eigenvalue weighted by Crippen LogP contribution is -2.30. The zero-order valence-corrected chi connectivity index (χ0v) is 12.1. The smallest absolute Gasteiger partial charge is 0.103 e. The lowest BCUT2D eigenvalue weighted by atomic mass is 10.2. The van der Waals surface area contributed by atoms with E-state index in [-0.39, 0.29) is 4.95 Å². The highest BCUT2D eigenvalue weighted by Gasteiger charge is 2.10. The summed E-state index contributed by atoms with van der Waals surface area (Å²) >= 11 is 9.72. The Bertz CT molecular complexity index is 464. The van der Waals surface area contributed by atoms with E-state index in [1.54, 1.807) is 4.53 Å². The van der Waals surface area contributed by atoms with Crippen LogP contribution in [0, 0.1) is 0 Å². The molecule has 1 N–H and O–H groups in total. The van der Waals surface area contributed by atoms with Crippen molar-refractivity contribution in [2.45, 2.75) is 11.5 Å². The number of rotatable bonds is 5. The Morgan fingerprint density at radius 3 is 2.17 bits per heavy atom. The first-order valence-electron chi connectivity index (χ1n) is 5.68. The molecule has 94 valence electrons. The van der Waals surface area contributed by atoms with Gasteiger partial charge in [-0.2, -0.15) is 4.53 Å². The summed E-state index contributed by atoms with van der Waals surface area (Å²) in [5.74, 6) is 0. The summed E-state index contributed by atoms with van der Waals surface area (Å²) in [7, 11) is 0. The third-order valence-electron chi connectivity index (χ3n) is 2.51. The molecule has 0 radical (unpaired) electrons. The molecule has 0 amide bonds. The largest absolute Gasteiger partial charge is 0.222 e. The lowest BCUT2D eigenvalue weighted by Gasteiger charge is -2.19. The summed E-state index contributed by atoms with van der Waals surface area (Å²) in [5, 5.41) is 0. The fourth-order valence-corrected chi connectivity index (χ4v) is 2.51. The molecule has 2 aromatic rings. The minimum absolute atomic E-state index is 0.0000813. The van der Waals surface area contributed by atoms with Crippen LogP contribution < -0.4 is 5.43 Å². The van der Waals surface area contributed by atoms with Crippen LogP contribution in [0.1, 0.15) is 16.1 Å². The molecule has 1 unspecified atom stereocenters. The van der Waals surface area contributed by atoms with Gasteiger partial charge in [0.05, 0.1) is 6.54 Å². The Balaban J connectivity index is 1.90. The van der Waals surface area contributed by atoms with Gasteiger partial charge in [0, 0.05) is 0 Å². The van der Waals surface area contributed by atoms with Gasteiger partial charge >= 0.3 is 0 Å². The van der Waals surface area contributed by atoms with Gasteiger partial charge in [0.2, 0.25) is 0 Å². The van der Waals surface area contributed by atoms with Gasteiger partial charge in [-0.3, -0.25) is 0 Å². The van der Waals surface area contributed by atoms with Gasteiger partial charge in [-0.15, -0.1) is 0 Å². The summed E-state index contributed by atoms with van der Waals surface area (Å²) in [6, 6.07) is 20.2. The van der Waals surface area contributed by atoms with Gasteiger partial charge in [0.25, 0.3) is 0 Å². The van der Waals surface area contributed by atoms with Crippen LogP contribution in [0.2, 0.25) is 0 Å². The first-order valence-corrected chi connectivity index (χ1v) is 6.93. The monoisotopic (exact) mass is 324 g/mol. The maximum Gasteiger partial charge on any atom is 0.103 e. The van der Waals surface area contributed by atoms with Gasteiger partial charge in [0.15, 0.2) is 0 Å². The first kappa shape index (κ1) is 13.6. The number of nitrogens with zero attached hydrogens (tertiary/aromatic N) is 1. The van der Waals surface area contributed by atoms with Crippen LogP contribution in [-0.2, 0) is 6.54 Å². The zero-order valence-electron chi connectivity index (χ0n) is 9.76. The van der Waals surface area contributed by atoms with E-state index in [0.29, 0.717) is 6.54 Å². The number of alkyl halides is 1. The summed E-state index contributed by atoms with van der Waals surface area (Å²) in [4.78, 5) is -0.0000813. The first-order chi connectivity index (χ1) is 8.75. The summed E-state index contributed by atoms with van der Waals surface area (Å²) in [6.45, 7) is 0.636. The topological polar surface area (TPSA) is 15.3 Å². The van der Waals surface area contributed by atoms with E-state index in [9.17, 15) is 0 Å². The number of halogens is 2. The molecule has 2 nitrogen and oxygen atoms in total. The van der Waals surface area contributed by atoms with Crippen molar-refractivity contribution < 1.29 is 0 Å². The van der Waals surface area contributed by atoms with Gasteiger partial charge in [0.1, 0.15) is 4.95 Å². The third-order valence-corrected chi connectivity index (χ3v) is 3.46. The summed E-state index contributed by atoms with van der Waals surface area (Å²) in [5.41, 5.74) is 5.46. The van der Waals surface area contributed by atoms with Crippen molar-refractivity contribution in [3.05, 3.63) is 71.8 Å². The van der Waals surface area contributed by atoms with Crippen LogP contribution >= 0.6 is 27.7 Å². The molecule has 0 aliphatic rings. The molecule has 1 atom stereocenters. The Hall–Kier alpha value is -0.870. The maximum atomic E-state index is 6.15. The predicted molar refractivity (Wildman–Crippen MR) is 79.1 cm³/mol. The van der Waals surface area contributed by atoms with Crippen molar-refractivity contribution in [2.24, 2.45) is 0 Å². The second-order valence-corrected chi connectivity index (χ2v) is 5.23. The zero-order chi connectivity index (χ0) is 12.8. The Labute approximate surface area is 121 Å². The molecule has 0 heterocycles. The molecule has 4 heteroatoms. The third kappa shape index (κ3) is 4.10. The molecule has 0 aliphatic carbocycles. The molecule has 0 aromatic heterocycles. The highest BCUT2D eigenvalue weighted by atomic mass is 79.9. The van der Waals surface area contributed by atoms with Crippen molar-refractivity contribution in [2.75, 3.05) is 0 Å². The molecule has 0 saturated heterocycles. The van der Waals surface area contributed by atoms with Crippen molar-refractivity contribution in [1.82, 2.24) is 9.95 Å². The number of nitrogens with one attached hydrogen (secondary N) is 1. The van der Waals surface area contributed by atoms with Gasteiger partial charge in [-0.25, -0.2) is 5.43 Å². The van der Waals surface area contributed by atoms with E-state index in [0.717, 1.165) is 11.1 Å². The number of hydrazine groups is 1. The normalized spacial score (nSPS) is 12.6. The van der Waals surface area contributed by atoms with Crippen LogP contribution in [0.5, 0.6) is 0 Å². The molecule has 2 rings (SSSR count). The van der Waals surface area contributed by atoms with E-state index in [1.165, 1.54) is 0 Å². The predicted octanol–water partition coefficient (Wildman–Crippen LogP) is 4.24. The van der Waals surface area contributed by atoms with Gasteiger partial charge in [-0.05, 0) is 22.9 Å². The van der Waals surface area contributed by atoms with Crippen molar-refractivity contribution in [3.63, 3.8) is 0 Å². The standard InChI is InChI=1S/C14H14BrClN2/c15-14(13-9-5-2-6-10-13)17-18(16)11-12-7-3-1-4-8-12/h1-10,14,17H,11H2. The SMILES string of the molecule is ClN(Cc1ccccc1)NC(Br)c1ccccc1. The van der Waals surface area contributed by atoms with E-state index in [4.69, 9.17) is 11.8 Å². The molecular weight excluding hydrogens is 312 g/mol. The Morgan fingerprint density at radius 1 is 1.00 bits per heavy atom. The molecule has 2 aromatic carbocycles. The van der Waals surface area contributed by atoms with E-state index < -0.39 is 0 Å². The quantitative estimate of drug-likeness (QED) is 0.383. The molecule has 18 heavy (non-hydrogen) atoms. The second kappa shape index (κ2) is 6.90. The highest BCUT2D eigenvalue weighted by Crippen LogP contribution is 2.20. The Kier molecular flexibility index (Phi) is 5.20. The maximum absolute atomic E-state index is 6.15.